The molecule has 0 heterocycles. The van der Waals surface area contributed by atoms with Gasteiger partial charge in [-0.1, -0.05) is 42.5 Å². The van der Waals surface area contributed by atoms with Gasteiger partial charge in [0.15, 0.2) is 0 Å². The predicted octanol–water partition coefficient (Wildman–Crippen LogP) is 2.75. The highest BCUT2D eigenvalue weighted by Gasteiger charge is 2.08. The number of nitrogens with two attached hydrogens (primary N) is 1. The molecule has 0 fully saturated rings. The molecule has 18 heavy (non-hydrogen) atoms. The lowest BCUT2D eigenvalue weighted by atomic mass is 9.93. The molecule has 94 valence electrons. The van der Waals surface area contributed by atoms with Crippen LogP contribution < -0.4 is 5.73 Å². The topological polar surface area (TPSA) is 46.2 Å². The number of hydrogen-bond donors (Lipinski definition) is 2. The molecule has 3 N–H and O–H groups in total. The Balaban J connectivity index is 1.99. The minimum absolute atomic E-state index is 0.311. The molecular formula is C16H19NO. The number of benzene rings is 2. The van der Waals surface area contributed by atoms with E-state index in [0.29, 0.717) is 18.2 Å². The molecule has 2 heteroatoms. The average Bonchev–Trinajstić information content (AvgIpc) is 2.41. The van der Waals surface area contributed by atoms with Gasteiger partial charge in [-0.2, -0.15) is 0 Å². The van der Waals surface area contributed by atoms with E-state index in [4.69, 9.17) is 5.73 Å². The smallest absolute Gasteiger partial charge is 0.115 e. The van der Waals surface area contributed by atoms with E-state index in [1.165, 1.54) is 11.1 Å². The molecule has 0 spiro atoms. The highest BCUT2D eigenvalue weighted by Crippen LogP contribution is 2.16. The summed E-state index contributed by atoms with van der Waals surface area (Å²) in [5.41, 5.74) is 8.40. The zero-order chi connectivity index (χ0) is 12.8. The minimum atomic E-state index is 0.311. The first-order valence-corrected chi connectivity index (χ1v) is 6.30. The Morgan fingerprint density at radius 1 is 0.833 bits per heavy atom. The van der Waals surface area contributed by atoms with Crippen molar-refractivity contribution in [2.75, 3.05) is 6.54 Å². The minimum Gasteiger partial charge on any atom is -0.508 e. The maximum absolute atomic E-state index is 9.26. The van der Waals surface area contributed by atoms with Crippen molar-refractivity contribution < 1.29 is 5.11 Å². The lowest BCUT2D eigenvalue weighted by Crippen LogP contribution is -2.19. The van der Waals surface area contributed by atoms with Gasteiger partial charge in [0.1, 0.15) is 5.75 Å². The van der Waals surface area contributed by atoms with E-state index in [1.54, 1.807) is 12.1 Å². The number of hydrogen-bond acceptors (Lipinski definition) is 2. The first kappa shape index (κ1) is 12.7. The van der Waals surface area contributed by atoms with Crippen LogP contribution in [-0.4, -0.2) is 11.7 Å². The van der Waals surface area contributed by atoms with E-state index in [2.05, 4.69) is 24.3 Å². The van der Waals surface area contributed by atoms with Crippen molar-refractivity contribution in [3.8, 4) is 5.75 Å². The van der Waals surface area contributed by atoms with Crippen LogP contribution in [-0.2, 0) is 12.8 Å². The fourth-order valence-electron chi connectivity index (χ4n) is 2.15. The molecule has 0 radical (unpaired) electrons. The molecule has 0 aromatic heterocycles. The Morgan fingerprint density at radius 2 is 1.39 bits per heavy atom. The first-order valence-electron chi connectivity index (χ1n) is 6.30. The molecule has 0 aliphatic carbocycles. The quantitative estimate of drug-likeness (QED) is 0.845. The van der Waals surface area contributed by atoms with Crippen LogP contribution in [0, 0.1) is 5.92 Å². The molecule has 2 nitrogen and oxygen atoms in total. The molecule has 0 amide bonds. The summed E-state index contributed by atoms with van der Waals surface area (Å²) in [5.74, 6) is 0.753. The number of phenolic OH excluding ortho intramolecular Hbond substituents is 1. The zero-order valence-electron chi connectivity index (χ0n) is 10.4. The normalized spacial score (nSPS) is 12.3. The van der Waals surface area contributed by atoms with E-state index in [9.17, 15) is 5.11 Å². The van der Waals surface area contributed by atoms with Gasteiger partial charge in [0.25, 0.3) is 0 Å². The van der Waals surface area contributed by atoms with Crippen molar-refractivity contribution in [3.63, 3.8) is 0 Å². The monoisotopic (exact) mass is 241 g/mol. The summed E-state index contributed by atoms with van der Waals surface area (Å²) < 4.78 is 0. The number of rotatable bonds is 5. The van der Waals surface area contributed by atoms with Gasteiger partial charge in [0.2, 0.25) is 0 Å². The average molecular weight is 241 g/mol. The third-order valence-corrected chi connectivity index (χ3v) is 3.16. The summed E-state index contributed by atoms with van der Waals surface area (Å²) >= 11 is 0. The molecule has 2 aromatic carbocycles. The van der Waals surface area contributed by atoms with E-state index in [-0.39, 0.29) is 0 Å². The van der Waals surface area contributed by atoms with Crippen LogP contribution in [0.4, 0.5) is 0 Å². The highest BCUT2D eigenvalue weighted by atomic mass is 16.3. The van der Waals surface area contributed by atoms with Gasteiger partial charge in [0, 0.05) is 0 Å². The van der Waals surface area contributed by atoms with Crippen LogP contribution in [0.15, 0.2) is 54.6 Å². The Kier molecular flexibility index (Phi) is 4.37. The van der Waals surface area contributed by atoms with Crippen molar-refractivity contribution in [1.82, 2.24) is 0 Å². The largest absolute Gasteiger partial charge is 0.508 e. The molecule has 1 atom stereocenters. The van der Waals surface area contributed by atoms with E-state index in [1.807, 2.05) is 18.2 Å². The SMILES string of the molecule is NCC(Cc1ccccc1)Cc1ccc(O)cc1. The lowest BCUT2D eigenvalue weighted by Gasteiger charge is -2.15. The third kappa shape index (κ3) is 3.60. The molecule has 0 aliphatic heterocycles. The summed E-state index contributed by atoms with van der Waals surface area (Å²) in [6.07, 6.45) is 1.95. The lowest BCUT2D eigenvalue weighted by molar-refractivity contribution is 0.474. The zero-order valence-corrected chi connectivity index (χ0v) is 10.4. The fourth-order valence-corrected chi connectivity index (χ4v) is 2.15. The van der Waals surface area contributed by atoms with Gasteiger partial charge in [-0.05, 0) is 48.6 Å². The van der Waals surface area contributed by atoms with Gasteiger partial charge >= 0.3 is 0 Å². The molecule has 0 bridgehead atoms. The van der Waals surface area contributed by atoms with Crippen molar-refractivity contribution in [2.24, 2.45) is 11.7 Å². The molecular weight excluding hydrogens is 222 g/mol. The van der Waals surface area contributed by atoms with Gasteiger partial charge in [-0.3, -0.25) is 0 Å². The molecule has 0 saturated heterocycles. The summed E-state index contributed by atoms with van der Waals surface area (Å²) in [5, 5.41) is 9.26. The van der Waals surface area contributed by atoms with E-state index < -0.39 is 0 Å². The van der Waals surface area contributed by atoms with Crippen LogP contribution >= 0.6 is 0 Å². The summed E-state index contributed by atoms with van der Waals surface area (Å²) in [7, 11) is 0. The summed E-state index contributed by atoms with van der Waals surface area (Å²) in [6, 6.07) is 17.8. The van der Waals surface area contributed by atoms with Crippen LogP contribution in [0.3, 0.4) is 0 Å². The third-order valence-electron chi connectivity index (χ3n) is 3.16. The first-order chi connectivity index (χ1) is 8.78. The molecule has 1 unspecified atom stereocenters. The second-order valence-electron chi connectivity index (χ2n) is 4.66. The maximum atomic E-state index is 9.26. The van der Waals surface area contributed by atoms with E-state index >= 15 is 0 Å². The van der Waals surface area contributed by atoms with Gasteiger partial charge in [-0.25, -0.2) is 0 Å². The number of phenols is 1. The van der Waals surface area contributed by atoms with Crippen molar-refractivity contribution in [1.29, 1.82) is 0 Å². The van der Waals surface area contributed by atoms with Crippen LogP contribution in [0.1, 0.15) is 11.1 Å². The van der Waals surface area contributed by atoms with E-state index in [0.717, 1.165) is 12.8 Å². The Morgan fingerprint density at radius 3 is 1.94 bits per heavy atom. The molecule has 0 aliphatic rings. The Hall–Kier alpha value is -1.80. The molecule has 0 saturated carbocycles. The molecule has 2 rings (SSSR count). The predicted molar refractivity (Wildman–Crippen MR) is 74.5 cm³/mol. The van der Waals surface area contributed by atoms with Crippen LogP contribution in [0.25, 0.3) is 0 Å². The van der Waals surface area contributed by atoms with Crippen LogP contribution in [0.5, 0.6) is 5.75 Å². The van der Waals surface area contributed by atoms with Crippen molar-refractivity contribution in [2.45, 2.75) is 12.8 Å². The molecule has 2 aromatic rings. The second-order valence-corrected chi connectivity index (χ2v) is 4.66. The fraction of sp³-hybridized carbons (Fsp3) is 0.250. The van der Waals surface area contributed by atoms with Gasteiger partial charge in [-0.15, -0.1) is 0 Å². The second kappa shape index (κ2) is 6.22. The summed E-state index contributed by atoms with van der Waals surface area (Å²) in [4.78, 5) is 0. The maximum Gasteiger partial charge on any atom is 0.115 e. The Labute approximate surface area is 108 Å². The van der Waals surface area contributed by atoms with Crippen molar-refractivity contribution >= 4 is 0 Å². The summed E-state index contributed by atoms with van der Waals surface area (Å²) in [6.45, 7) is 0.676. The van der Waals surface area contributed by atoms with Crippen LogP contribution in [0.2, 0.25) is 0 Å². The van der Waals surface area contributed by atoms with Crippen molar-refractivity contribution in [3.05, 3.63) is 65.7 Å². The van der Waals surface area contributed by atoms with Gasteiger partial charge < -0.3 is 10.8 Å². The standard InChI is InChI=1S/C16H19NO/c17-12-15(10-13-4-2-1-3-5-13)11-14-6-8-16(18)9-7-14/h1-9,15,18H,10-12,17H2. The highest BCUT2D eigenvalue weighted by molar-refractivity contribution is 5.26. The van der Waals surface area contributed by atoms with Gasteiger partial charge in [0.05, 0.1) is 0 Å². The number of aromatic hydroxyl groups is 1. The Bertz CT molecular complexity index is 464.